The third kappa shape index (κ3) is 2.98. The van der Waals surface area contributed by atoms with E-state index >= 15 is 0 Å². The predicted octanol–water partition coefficient (Wildman–Crippen LogP) is 3.21. The van der Waals surface area contributed by atoms with Crippen LogP contribution in [-0.4, -0.2) is 26.8 Å². The molecule has 0 saturated carbocycles. The number of rotatable bonds is 5. The SMILES string of the molecule is CCc1c(CC2CCCN2)c(Cl)cc(OC)c1OC. The third-order valence-electron chi connectivity index (χ3n) is 3.80. The molecule has 1 atom stereocenters. The van der Waals surface area contributed by atoms with Crippen molar-refractivity contribution < 1.29 is 9.47 Å². The lowest BCUT2D eigenvalue weighted by Gasteiger charge is -2.20. The normalized spacial score (nSPS) is 18.6. The van der Waals surface area contributed by atoms with Crippen LogP contribution in [0.2, 0.25) is 5.02 Å². The molecule has 0 bridgehead atoms. The van der Waals surface area contributed by atoms with Gasteiger partial charge in [0.15, 0.2) is 11.5 Å². The fourth-order valence-corrected chi connectivity index (χ4v) is 3.14. The summed E-state index contributed by atoms with van der Waals surface area (Å²) in [7, 11) is 3.33. The summed E-state index contributed by atoms with van der Waals surface area (Å²) < 4.78 is 10.9. The summed E-state index contributed by atoms with van der Waals surface area (Å²) in [6.45, 7) is 3.23. The largest absolute Gasteiger partial charge is 0.493 e. The Labute approximate surface area is 120 Å². The fraction of sp³-hybridized carbons (Fsp3) is 0.600. The first kappa shape index (κ1) is 14.5. The van der Waals surface area contributed by atoms with Crippen LogP contribution in [0.1, 0.15) is 30.9 Å². The van der Waals surface area contributed by atoms with Gasteiger partial charge in [-0.15, -0.1) is 0 Å². The van der Waals surface area contributed by atoms with Crippen LogP contribution in [-0.2, 0) is 12.8 Å². The second kappa shape index (κ2) is 6.49. The van der Waals surface area contributed by atoms with Gasteiger partial charge in [0, 0.05) is 22.7 Å². The number of hydrogen-bond donors (Lipinski definition) is 1. The summed E-state index contributed by atoms with van der Waals surface area (Å²) in [4.78, 5) is 0. The molecule has 0 aromatic heterocycles. The van der Waals surface area contributed by atoms with E-state index in [1.807, 2.05) is 6.07 Å². The van der Waals surface area contributed by atoms with Crippen LogP contribution in [0, 0.1) is 0 Å². The molecule has 0 aliphatic carbocycles. The molecule has 1 unspecified atom stereocenters. The van der Waals surface area contributed by atoms with E-state index in [4.69, 9.17) is 21.1 Å². The summed E-state index contributed by atoms with van der Waals surface area (Å²) in [6, 6.07) is 2.39. The molecule has 19 heavy (non-hydrogen) atoms. The van der Waals surface area contributed by atoms with Crippen molar-refractivity contribution >= 4 is 11.6 Å². The van der Waals surface area contributed by atoms with Crippen LogP contribution >= 0.6 is 11.6 Å². The van der Waals surface area contributed by atoms with E-state index in [0.29, 0.717) is 11.8 Å². The lowest BCUT2D eigenvalue weighted by Crippen LogP contribution is -2.24. The molecule has 1 aliphatic heterocycles. The number of nitrogens with one attached hydrogen (secondary N) is 1. The van der Waals surface area contributed by atoms with Crippen molar-refractivity contribution in [3.05, 3.63) is 22.2 Å². The standard InChI is InChI=1S/C15H22ClNO2/c1-4-11-12(8-10-6-5-7-17-10)13(16)9-14(18-2)15(11)19-3/h9-10,17H,4-8H2,1-3H3. The van der Waals surface area contributed by atoms with Gasteiger partial charge in [-0.2, -0.15) is 0 Å². The molecule has 0 spiro atoms. The minimum Gasteiger partial charge on any atom is -0.493 e. The monoisotopic (exact) mass is 283 g/mol. The Hall–Kier alpha value is -0.930. The number of ether oxygens (including phenoxy) is 2. The third-order valence-corrected chi connectivity index (χ3v) is 4.14. The highest BCUT2D eigenvalue weighted by atomic mass is 35.5. The van der Waals surface area contributed by atoms with E-state index in [-0.39, 0.29) is 0 Å². The van der Waals surface area contributed by atoms with Crippen molar-refractivity contribution in [3.63, 3.8) is 0 Å². The zero-order valence-corrected chi connectivity index (χ0v) is 12.6. The number of methoxy groups -OCH3 is 2. The van der Waals surface area contributed by atoms with Crippen molar-refractivity contribution in [3.8, 4) is 11.5 Å². The highest BCUT2D eigenvalue weighted by Crippen LogP contribution is 2.39. The van der Waals surface area contributed by atoms with E-state index in [1.165, 1.54) is 24.0 Å². The van der Waals surface area contributed by atoms with Crippen molar-refractivity contribution in [1.82, 2.24) is 5.32 Å². The van der Waals surface area contributed by atoms with Gasteiger partial charge in [0.05, 0.1) is 14.2 Å². The van der Waals surface area contributed by atoms with Gasteiger partial charge >= 0.3 is 0 Å². The smallest absolute Gasteiger partial charge is 0.164 e. The molecule has 106 valence electrons. The van der Waals surface area contributed by atoms with Crippen molar-refractivity contribution in [2.24, 2.45) is 0 Å². The van der Waals surface area contributed by atoms with Crippen molar-refractivity contribution in [2.75, 3.05) is 20.8 Å². The van der Waals surface area contributed by atoms with Gasteiger partial charge in [-0.1, -0.05) is 18.5 Å². The molecule has 1 aliphatic rings. The highest BCUT2D eigenvalue weighted by Gasteiger charge is 2.22. The van der Waals surface area contributed by atoms with Gasteiger partial charge in [0.25, 0.3) is 0 Å². The minimum atomic E-state index is 0.529. The Morgan fingerprint density at radius 2 is 2.11 bits per heavy atom. The second-order valence-corrected chi connectivity index (χ2v) is 5.31. The van der Waals surface area contributed by atoms with Gasteiger partial charge in [-0.3, -0.25) is 0 Å². The van der Waals surface area contributed by atoms with Gasteiger partial charge in [-0.05, 0) is 37.8 Å². The molecule has 0 amide bonds. The number of halogens is 1. The van der Waals surface area contributed by atoms with Gasteiger partial charge in [0.2, 0.25) is 0 Å². The Balaban J connectivity index is 2.39. The van der Waals surface area contributed by atoms with E-state index in [9.17, 15) is 0 Å². The van der Waals surface area contributed by atoms with Crippen LogP contribution in [0.25, 0.3) is 0 Å². The molecule has 1 aromatic rings. The minimum absolute atomic E-state index is 0.529. The summed E-state index contributed by atoms with van der Waals surface area (Å²) in [6.07, 6.45) is 4.31. The predicted molar refractivity (Wildman–Crippen MR) is 78.7 cm³/mol. The summed E-state index contributed by atoms with van der Waals surface area (Å²) in [5.74, 6) is 1.54. The molecule has 2 rings (SSSR count). The average molecular weight is 284 g/mol. The Morgan fingerprint density at radius 3 is 2.63 bits per heavy atom. The fourth-order valence-electron chi connectivity index (χ4n) is 2.85. The quantitative estimate of drug-likeness (QED) is 0.900. The van der Waals surface area contributed by atoms with Crippen LogP contribution in [0.3, 0.4) is 0 Å². The van der Waals surface area contributed by atoms with E-state index in [0.717, 1.165) is 30.2 Å². The van der Waals surface area contributed by atoms with Crippen molar-refractivity contribution in [2.45, 2.75) is 38.6 Å². The highest BCUT2D eigenvalue weighted by molar-refractivity contribution is 6.31. The van der Waals surface area contributed by atoms with Crippen LogP contribution in [0.4, 0.5) is 0 Å². The summed E-state index contributed by atoms with van der Waals surface area (Å²) in [5.41, 5.74) is 2.36. The Bertz CT molecular complexity index is 442. The molecule has 4 heteroatoms. The summed E-state index contributed by atoms with van der Waals surface area (Å²) >= 11 is 6.44. The molecule has 3 nitrogen and oxygen atoms in total. The first-order chi connectivity index (χ1) is 9.21. The summed E-state index contributed by atoms with van der Waals surface area (Å²) in [5, 5.41) is 4.30. The van der Waals surface area contributed by atoms with Gasteiger partial charge in [0.1, 0.15) is 0 Å². The first-order valence-electron chi connectivity index (χ1n) is 6.86. The van der Waals surface area contributed by atoms with Crippen LogP contribution < -0.4 is 14.8 Å². The van der Waals surface area contributed by atoms with Crippen molar-refractivity contribution in [1.29, 1.82) is 0 Å². The molecular weight excluding hydrogens is 262 g/mol. The molecule has 1 heterocycles. The number of benzene rings is 1. The molecule has 1 N–H and O–H groups in total. The lowest BCUT2D eigenvalue weighted by molar-refractivity contribution is 0.351. The van der Waals surface area contributed by atoms with Crippen LogP contribution in [0.5, 0.6) is 11.5 Å². The zero-order chi connectivity index (χ0) is 13.8. The molecule has 1 saturated heterocycles. The maximum atomic E-state index is 6.44. The lowest BCUT2D eigenvalue weighted by atomic mass is 9.96. The van der Waals surface area contributed by atoms with E-state index < -0.39 is 0 Å². The van der Waals surface area contributed by atoms with E-state index in [2.05, 4.69) is 12.2 Å². The average Bonchev–Trinajstić information content (AvgIpc) is 2.93. The van der Waals surface area contributed by atoms with E-state index in [1.54, 1.807) is 14.2 Å². The van der Waals surface area contributed by atoms with Gasteiger partial charge in [-0.25, -0.2) is 0 Å². The molecular formula is C15H22ClNO2. The number of hydrogen-bond acceptors (Lipinski definition) is 3. The second-order valence-electron chi connectivity index (χ2n) is 4.90. The maximum Gasteiger partial charge on any atom is 0.164 e. The van der Waals surface area contributed by atoms with Gasteiger partial charge < -0.3 is 14.8 Å². The Morgan fingerprint density at radius 1 is 1.32 bits per heavy atom. The molecule has 0 radical (unpaired) electrons. The topological polar surface area (TPSA) is 30.5 Å². The molecule has 1 fully saturated rings. The van der Waals surface area contributed by atoms with Crippen LogP contribution in [0.15, 0.2) is 6.07 Å². The zero-order valence-electron chi connectivity index (χ0n) is 11.9. The molecule has 1 aromatic carbocycles. The first-order valence-corrected chi connectivity index (χ1v) is 7.24. The maximum absolute atomic E-state index is 6.44. The Kier molecular flexibility index (Phi) is 4.94.